The maximum Gasteiger partial charge on any atom is 0.255 e. The van der Waals surface area contributed by atoms with Gasteiger partial charge in [-0.25, -0.2) is 4.52 Å². The molecule has 0 atom stereocenters. The van der Waals surface area contributed by atoms with Crippen LogP contribution in [0.25, 0.3) is 5.52 Å². The predicted octanol–water partition coefficient (Wildman–Crippen LogP) is 2.24. The van der Waals surface area contributed by atoms with Crippen molar-refractivity contribution in [2.24, 2.45) is 16.1 Å². The summed E-state index contributed by atoms with van der Waals surface area (Å²) in [4.78, 5) is 28.7. The summed E-state index contributed by atoms with van der Waals surface area (Å²) in [5.41, 5.74) is 7.30. The summed E-state index contributed by atoms with van der Waals surface area (Å²) in [6, 6.07) is 3.87. The van der Waals surface area contributed by atoms with Crippen LogP contribution < -0.4 is 15.8 Å². The summed E-state index contributed by atoms with van der Waals surface area (Å²) in [5.74, 6) is 1.00. The van der Waals surface area contributed by atoms with Gasteiger partial charge in [-0.3, -0.25) is 14.6 Å². The smallest absolute Gasteiger partial charge is 0.255 e. The van der Waals surface area contributed by atoms with Crippen molar-refractivity contribution in [3.05, 3.63) is 40.9 Å². The summed E-state index contributed by atoms with van der Waals surface area (Å²) < 4.78 is 13.7. The van der Waals surface area contributed by atoms with Gasteiger partial charge in [0.2, 0.25) is 0 Å². The van der Waals surface area contributed by atoms with Crippen molar-refractivity contribution >= 4 is 23.5 Å². The number of hydrogen-bond acceptors (Lipinski definition) is 7. The number of ether oxygens (including phenoxy) is 2. The molecule has 0 radical (unpaired) electrons. The van der Waals surface area contributed by atoms with Gasteiger partial charge in [0.15, 0.2) is 0 Å². The first-order valence-electron chi connectivity index (χ1n) is 13.0. The Morgan fingerprint density at radius 3 is 2.68 bits per heavy atom. The van der Waals surface area contributed by atoms with Crippen LogP contribution in [-0.2, 0) is 9.53 Å². The van der Waals surface area contributed by atoms with Crippen LogP contribution in [0, 0.1) is 5.41 Å². The molecule has 3 saturated carbocycles. The van der Waals surface area contributed by atoms with Gasteiger partial charge in [-0.05, 0) is 69.9 Å². The fourth-order valence-electron chi connectivity index (χ4n) is 5.89. The Hall–Kier alpha value is -3.40. The Balaban J connectivity index is 1.07. The second-order valence-electron chi connectivity index (χ2n) is 11.7. The molecule has 1 aliphatic heterocycles. The van der Waals surface area contributed by atoms with Gasteiger partial charge in [0, 0.05) is 18.2 Å². The van der Waals surface area contributed by atoms with Crippen molar-refractivity contribution in [3.63, 3.8) is 0 Å². The zero-order valence-corrected chi connectivity index (χ0v) is 21.2. The van der Waals surface area contributed by atoms with Crippen LogP contribution in [0.5, 0.6) is 5.75 Å². The number of nitrogens with two attached hydrogens (primary N) is 1. The monoisotopic (exact) mass is 507 g/mol. The van der Waals surface area contributed by atoms with E-state index in [9.17, 15) is 14.7 Å². The average Bonchev–Trinajstić information content (AvgIpc) is 3.34. The van der Waals surface area contributed by atoms with E-state index in [-0.39, 0.29) is 30.1 Å². The molecule has 3 heterocycles. The van der Waals surface area contributed by atoms with Crippen molar-refractivity contribution in [3.8, 4) is 5.75 Å². The lowest BCUT2D eigenvalue weighted by atomic mass is 9.53. The maximum absolute atomic E-state index is 13.2. The quantitative estimate of drug-likeness (QED) is 0.475. The molecule has 3 aliphatic carbocycles. The van der Waals surface area contributed by atoms with E-state index < -0.39 is 11.5 Å². The Morgan fingerprint density at radius 1 is 1.24 bits per heavy atom. The number of aromatic nitrogens is 2. The number of primary amides is 1. The number of hydrogen-bond donors (Lipinski definition) is 3. The van der Waals surface area contributed by atoms with Crippen LogP contribution in [-0.4, -0.2) is 63.6 Å². The highest BCUT2D eigenvalue weighted by Crippen LogP contribution is 2.57. The van der Waals surface area contributed by atoms with Gasteiger partial charge < -0.3 is 25.6 Å². The minimum Gasteiger partial charge on any atom is -0.492 e. The fourth-order valence-corrected chi connectivity index (χ4v) is 5.89. The number of rotatable bonds is 9. The molecular weight excluding hydrogens is 474 g/mol. The van der Waals surface area contributed by atoms with E-state index in [1.165, 1.54) is 6.21 Å². The molecule has 196 valence electrons. The topological polar surface area (TPSA) is 141 Å². The zero-order valence-electron chi connectivity index (χ0n) is 21.2. The average molecular weight is 508 g/mol. The lowest BCUT2D eigenvalue weighted by Crippen LogP contribution is -2.58. The molecule has 0 saturated heterocycles. The molecule has 2 aromatic heterocycles. The standard InChI is InChI=1S/C27H33N5O5/c1-26(2,35)14-36-21-6-5-20-18(12-30-32(20)23(21)15-3-4-15)25(34)31-16-7-27(8-16)9-17(10-27)37-22-13-29-11-19(22)24(28)33/h5-6,11-12,15-17,35H,3-4,7-10,13-14H2,1-2H3,(H2,28,33)(H,31,34). The molecule has 0 aromatic carbocycles. The van der Waals surface area contributed by atoms with E-state index >= 15 is 0 Å². The van der Waals surface area contributed by atoms with Crippen molar-refractivity contribution < 1.29 is 24.2 Å². The van der Waals surface area contributed by atoms with Crippen LogP contribution in [0.1, 0.15) is 74.3 Å². The van der Waals surface area contributed by atoms with E-state index in [1.54, 1.807) is 20.0 Å². The number of nitrogens with zero attached hydrogens (tertiary/aromatic N) is 3. The van der Waals surface area contributed by atoms with Gasteiger partial charge in [0.1, 0.15) is 18.1 Å². The van der Waals surface area contributed by atoms with E-state index in [2.05, 4.69) is 15.4 Å². The molecule has 10 heteroatoms. The van der Waals surface area contributed by atoms with Crippen LogP contribution in [0.3, 0.4) is 0 Å². The normalized spacial score (nSPS) is 26.8. The van der Waals surface area contributed by atoms with E-state index in [4.69, 9.17) is 15.2 Å². The Bertz CT molecular complexity index is 1320. The number of carbonyl (C=O) groups excluding carboxylic acids is 2. The molecule has 2 aromatic rings. The first kappa shape index (κ1) is 24.0. The minimum absolute atomic E-state index is 0.0657. The largest absolute Gasteiger partial charge is 0.492 e. The number of carbonyl (C=O) groups is 2. The van der Waals surface area contributed by atoms with E-state index in [1.807, 2.05) is 16.6 Å². The fraction of sp³-hybridized carbons (Fsp3) is 0.556. The molecule has 4 N–H and O–H groups in total. The maximum atomic E-state index is 13.2. The molecule has 6 rings (SSSR count). The van der Waals surface area contributed by atoms with Crippen molar-refractivity contribution in [2.45, 2.75) is 76.0 Å². The minimum atomic E-state index is -0.938. The number of fused-ring (bicyclic) bond motifs is 1. The second-order valence-corrected chi connectivity index (χ2v) is 11.7. The number of pyridine rings is 1. The van der Waals surface area contributed by atoms with Gasteiger partial charge in [0.25, 0.3) is 11.8 Å². The molecule has 37 heavy (non-hydrogen) atoms. The highest BCUT2D eigenvalue weighted by Gasteiger charge is 2.54. The molecular formula is C27H33N5O5. The highest BCUT2D eigenvalue weighted by molar-refractivity contribution is 6.13. The lowest BCUT2D eigenvalue weighted by molar-refractivity contribution is -0.116. The van der Waals surface area contributed by atoms with Crippen LogP contribution in [0.2, 0.25) is 0 Å². The third-order valence-corrected chi connectivity index (χ3v) is 7.81. The van der Waals surface area contributed by atoms with E-state index in [0.717, 1.165) is 49.7 Å². The van der Waals surface area contributed by atoms with E-state index in [0.29, 0.717) is 35.1 Å². The summed E-state index contributed by atoms with van der Waals surface area (Å²) in [6.07, 6.45) is 8.94. The first-order valence-corrected chi connectivity index (χ1v) is 13.0. The number of aliphatic hydroxyl groups is 1. The SMILES string of the molecule is CC(C)(O)COc1ccc2c(C(=O)NC3CC4(C3)CC(OC3=C(C(N)=O)C=NC3)C4)cnn2c1C1CC1. The number of aliphatic imine (C=N–C) groups is 1. The third-order valence-electron chi connectivity index (χ3n) is 7.81. The first-order chi connectivity index (χ1) is 17.6. The Labute approximate surface area is 214 Å². The summed E-state index contributed by atoms with van der Waals surface area (Å²) in [6.45, 7) is 3.97. The molecule has 10 nitrogen and oxygen atoms in total. The molecule has 2 amide bonds. The Morgan fingerprint density at radius 2 is 2.00 bits per heavy atom. The molecule has 0 bridgehead atoms. The lowest BCUT2D eigenvalue weighted by Gasteiger charge is -2.57. The molecule has 4 aliphatic rings. The number of amides is 2. The highest BCUT2D eigenvalue weighted by atomic mass is 16.5. The van der Waals surface area contributed by atoms with Gasteiger partial charge in [-0.1, -0.05) is 0 Å². The van der Waals surface area contributed by atoms with Crippen molar-refractivity contribution in [1.29, 1.82) is 0 Å². The molecule has 1 spiro atoms. The van der Waals surface area contributed by atoms with Crippen molar-refractivity contribution in [2.75, 3.05) is 13.2 Å². The predicted molar refractivity (Wildman–Crippen MR) is 136 cm³/mol. The summed E-state index contributed by atoms with van der Waals surface area (Å²) in [7, 11) is 0. The van der Waals surface area contributed by atoms with Gasteiger partial charge >= 0.3 is 0 Å². The second kappa shape index (κ2) is 8.58. The van der Waals surface area contributed by atoms with Gasteiger partial charge in [0.05, 0.1) is 46.8 Å². The molecule has 3 fully saturated rings. The zero-order chi connectivity index (χ0) is 25.9. The van der Waals surface area contributed by atoms with Crippen LogP contribution >= 0.6 is 0 Å². The van der Waals surface area contributed by atoms with Crippen molar-refractivity contribution in [1.82, 2.24) is 14.9 Å². The van der Waals surface area contributed by atoms with Crippen LogP contribution in [0.15, 0.2) is 34.7 Å². The summed E-state index contributed by atoms with van der Waals surface area (Å²) in [5, 5.41) is 17.8. The third kappa shape index (κ3) is 4.58. The van der Waals surface area contributed by atoms with Gasteiger partial charge in [-0.2, -0.15) is 5.10 Å². The molecule has 0 unspecified atom stereocenters. The summed E-state index contributed by atoms with van der Waals surface area (Å²) >= 11 is 0. The van der Waals surface area contributed by atoms with Gasteiger partial charge in [-0.15, -0.1) is 0 Å². The number of nitrogens with one attached hydrogen (secondary N) is 1. The Kier molecular flexibility index (Phi) is 5.56. The van der Waals surface area contributed by atoms with Crippen LogP contribution in [0.4, 0.5) is 0 Å².